The predicted octanol–water partition coefficient (Wildman–Crippen LogP) is 4.69. The van der Waals surface area contributed by atoms with Crippen molar-refractivity contribution in [3.63, 3.8) is 0 Å². The van der Waals surface area contributed by atoms with Crippen molar-refractivity contribution in [3.8, 4) is 16.9 Å². The highest BCUT2D eigenvalue weighted by molar-refractivity contribution is 5.92. The lowest BCUT2D eigenvalue weighted by Gasteiger charge is -2.40. The second kappa shape index (κ2) is 11.7. The number of halogens is 2. The number of carbonyl (C=O) groups excluding carboxylic acids is 1. The fourth-order valence-electron chi connectivity index (χ4n) is 6.02. The molecular weight excluding hydrogens is 566 g/mol. The molecule has 2 aliphatic heterocycles. The molecule has 0 spiro atoms. The van der Waals surface area contributed by atoms with Gasteiger partial charge in [0.15, 0.2) is 11.5 Å². The molecule has 44 heavy (non-hydrogen) atoms. The molecule has 1 aromatic carbocycles. The number of pyridine rings is 2. The topological polar surface area (TPSA) is 108 Å². The average molecular weight is 601 g/mol. The smallest absolute Gasteiger partial charge is 0.355 e. The van der Waals surface area contributed by atoms with Crippen LogP contribution in [0.25, 0.3) is 28.0 Å². The van der Waals surface area contributed by atoms with Gasteiger partial charge in [-0.3, -0.25) is 9.78 Å². The third-order valence-electron chi connectivity index (χ3n) is 8.15. The number of fused-ring (bicyclic) bond motifs is 5. The Hall–Kier alpha value is -4.87. The van der Waals surface area contributed by atoms with Gasteiger partial charge in [-0.1, -0.05) is 26.5 Å². The third-order valence-corrected chi connectivity index (χ3v) is 8.15. The number of anilines is 3. The molecule has 6 rings (SSSR count). The SMILES string of the molecule is C=CC(=O)N1CCN(c2nc(=O)n3c4nc(c(F)cc24)-c2c(F)cccc2NCCCNc2ccnc(C(C)C)c2-3)[C@H](C)C1. The Morgan fingerprint density at radius 3 is 2.59 bits per heavy atom. The molecule has 2 aliphatic rings. The normalized spacial score (nSPS) is 16.7. The molecule has 1 fully saturated rings. The van der Waals surface area contributed by atoms with E-state index in [2.05, 4.69) is 27.2 Å². The monoisotopic (exact) mass is 600 g/mol. The largest absolute Gasteiger partial charge is 0.384 e. The minimum Gasteiger partial charge on any atom is -0.384 e. The van der Waals surface area contributed by atoms with E-state index in [1.807, 2.05) is 25.7 Å². The van der Waals surface area contributed by atoms with Gasteiger partial charge >= 0.3 is 5.69 Å². The van der Waals surface area contributed by atoms with Crippen molar-refractivity contribution in [2.45, 2.75) is 39.2 Å². The fourth-order valence-corrected chi connectivity index (χ4v) is 6.02. The molecule has 0 saturated carbocycles. The van der Waals surface area contributed by atoms with E-state index in [1.165, 1.54) is 22.8 Å². The van der Waals surface area contributed by atoms with E-state index < -0.39 is 17.3 Å². The van der Waals surface area contributed by atoms with Gasteiger partial charge in [0, 0.05) is 50.6 Å². The maximum atomic E-state index is 16.2. The molecule has 0 aliphatic carbocycles. The summed E-state index contributed by atoms with van der Waals surface area (Å²) in [6.45, 7) is 11.6. The number of carbonyl (C=O) groups is 1. The number of aromatic nitrogens is 4. The van der Waals surface area contributed by atoms with Gasteiger partial charge < -0.3 is 20.4 Å². The first kappa shape index (κ1) is 29.2. The number of benzene rings is 1. The van der Waals surface area contributed by atoms with Crippen LogP contribution in [0.15, 0.2) is 54.0 Å². The molecule has 1 saturated heterocycles. The van der Waals surface area contributed by atoms with E-state index in [0.717, 1.165) is 0 Å². The van der Waals surface area contributed by atoms with Gasteiger partial charge in [0.05, 0.1) is 28.0 Å². The molecule has 2 N–H and O–H groups in total. The van der Waals surface area contributed by atoms with Gasteiger partial charge in [0.25, 0.3) is 0 Å². The Labute approximate surface area is 253 Å². The van der Waals surface area contributed by atoms with Crippen LogP contribution in [0, 0.1) is 11.6 Å². The van der Waals surface area contributed by atoms with Crippen LogP contribution < -0.4 is 21.2 Å². The number of amides is 1. The summed E-state index contributed by atoms with van der Waals surface area (Å²) in [7, 11) is 0. The molecule has 5 heterocycles. The molecule has 10 nitrogen and oxygen atoms in total. The van der Waals surface area contributed by atoms with E-state index in [1.54, 1.807) is 29.3 Å². The van der Waals surface area contributed by atoms with Crippen molar-refractivity contribution >= 4 is 34.1 Å². The first-order valence-electron chi connectivity index (χ1n) is 14.8. The first-order chi connectivity index (χ1) is 21.2. The summed E-state index contributed by atoms with van der Waals surface area (Å²) in [5.41, 5.74) is 1.41. The summed E-state index contributed by atoms with van der Waals surface area (Å²) in [6, 6.07) is 7.32. The van der Waals surface area contributed by atoms with Gasteiger partial charge in [-0.15, -0.1) is 0 Å². The molecule has 1 atom stereocenters. The van der Waals surface area contributed by atoms with Crippen LogP contribution in [0.5, 0.6) is 0 Å². The maximum absolute atomic E-state index is 16.2. The highest BCUT2D eigenvalue weighted by atomic mass is 19.1. The lowest BCUT2D eigenvalue weighted by atomic mass is 10.0. The number of hydrogen-bond donors (Lipinski definition) is 2. The Balaban J connectivity index is 1.68. The van der Waals surface area contributed by atoms with E-state index in [-0.39, 0.29) is 46.0 Å². The summed E-state index contributed by atoms with van der Waals surface area (Å²) < 4.78 is 33.0. The van der Waals surface area contributed by atoms with Crippen molar-refractivity contribution in [3.05, 3.63) is 77.0 Å². The molecule has 0 radical (unpaired) electrons. The minimum atomic E-state index is -0.754. The summed E-state index contributed by atoms with van der Waals surface area (Å²) >= 11 is 0. The van der Waals surface area contributed by atoms with E-state index in [9.17, 15) is 9.59 Å². The highest BCUT2D eigenvalue weighted by Gasteiger charge is 2.31. The standard InChI is InChI=1S/C32H34F2N8O2/c1-5-25(43)40-14-15-41(19(4)17-40)30-20-16-22(34)28-26-21(33)8-6-9-23(26)35-11-7-12-36-24-10-13-37-27(18(2)3)29(24)42(31(20)38-28)32(44)39-30/h5-6,8-10,13,16,18-19,35-36H,1,7,11-12,14-15,17H2,2-4H3/t19-/m1/s1. The van der Waals surface area contributed by atoms with E-state index in [0.29, 0.717) is 61.9 Å². The summed E-state index contributed by atoms with van der Waals surface area (Å²) in [4.78, 5) is 43.9. The van der Waals surface area contributed by atoms with Crippen LogP contribution in [0.4, 0.5) is 26.0 Å². The zero-order valence-corrected chi connectivity index (χ0v) is 24.9. The van der Waals surface area contributed by atoms with Crippen molar-refractivity contribution in [2.24, 2.45) is 0 Å². The van der Waals surface area contributed by atoms with Gasteiger partial charge in [0.1, 0.15) is 17.3 Å². The van der Waals surface area contributed by atoms with Crippen LogP contribution in [0.3, 0.4) is 0 Å². The molecule has 228 valence electrons. The Bertz CT molecular complexity index is 1840. The maximum Gasteiger partial charge on any atom is 0.355 e. The number of rotatable bonds is 3. The molecule has 3 aromatic heterocycles. The molecule has 4 aromatic rings. The Morgan fingerprint density at radius 1 is 1.09 bits per heavy atom. The van der Waals surface area contributed by atoms with Crippen LogP contribution >= 0.6 is 0 Å². The van der Waals surface area contributed by atoms with Gasteiger partial charge in [-0.2, -0.15) is 4.98 Å². The van der Waals surface area contributed by atoms with Crippen LogP contribution in [-0.2, 0) is 4.79 Å². The number of piperazine rings is 1. The Kier molecular flexibility index (Phi) is 7.74. The number of hydrogen-bond acceptors (Lipinski definition) is 8. The van der Waals surface area contributed by atoms with Gasteiger partial charge in [0.2, 0.25) is 5.91 Å². The van der Waals surface area contributed by atoms with Crippen LogP contribution in [-0.4, -0.2) is 69.1 Å². The van der Waals surface area contributed by atoms with Gasteiger partial charge in [-0.25, -0.2) is 23.1 Å². The van der Waals surface area contributed by atoms with Crippen molar-refractivity contribution in [2.75, 3.05) is 48.3 Å². The van der Waals surface area contributed by atoms with Crippen molar-refractivity contribution < 1.29 is 13.6 Å². The van der Waals surface area contributed by atoms with Crippen LogP contribution in [0.1, 0.15) is 38.8 Å². The van der Waals surface area contributed by atoms with E-state index >= 15 is 8.78 Å². The van der Waals surface area contributed by atoms with E-state index in [4.69, 9.17) is 4.98 Å². The summed E-state index contributed by atoms with van der Waals surface area (Å²) in [5.74, 6) is -1.42. The van der Waals surface area contributed by atoms with Crippen molar-refractivity contribution in [1.29, 1.82) is 0 Å². The lowest BCUT2D eigenvalue weighted by molar-refractivity contribution is -0.126. The zero-order chi connectivity index (χ0) is 31.1. The third kappa shape index (κ3) is 5.03. The molecule has 0 unspecified atom stereocenters. The summed E-state index contributed by atoms with van der Waals surface area (Å²) in [5, 5.41) is 6.94. The lowest BCUT2D eigenvalue weighted by Crippen LogP contribution is -2.54. The second-order valence-corrected chi connectivity index (χ2v) is 11.4. The quantitative estimate of drug-likeness (QED) is 0.326. The number of nitrogens with one attached hydrogen (secondary N) is 2. The van der Waals surface area contributed by atoms with Gasteiger partial charge in [-0.05, 0) is 49.6 Å². The minimum absolute atomic E-state index is 0.0168. The highest BCUT2D eigenvalue weighted by Crippen LogP contribution is 2.37. The summed E-state index contributed by atoms with van der Waals surface area (Å²) in [6.07, 6.45) is 3.61. The number of nitrogens with zero attached hydrogens (tertiary/aromatic N) is 6. The fraction of sp³-hybridized carbons (Fsp3) is 0.344. The molecular formula is C32H34F2N8O2. The predicted molar refractivity (Wildman–Crippen MR) is 168 cm³/mol. The first-order valence-corrected chi connectivity index (χ1v) is 14.8. The molecule has 2 bridgehead atoms. The molecule has 1 amide bonds. The van der Waals surface area contributed by atoms with Crippen molar-refractivity contribution in [1.82, 2.24) is 24.4 Å². The molecule has 12 heteroatoms. The Morgan fingerprint density at radius 2 is 1.86 bits per heavy atom. The van der Waals surface area contributed by atoms with Crippen LogP contribution in [0.2, 0.25) is 0 Å². The zero-order valence-electron chi connectivity index (χ0n) is 24.9. The second-order valence-electron chi connectivity index (χ2n) is 11.4. The average Bonchev–Trinajstić information content (AvgIpc) is 3.01.